The summed E-state index contributed by atoms with van der Waals surface area (Å²) in [6.07, 6.45) is 11.3. The van der Waals surface area contributed by atoms with Crippen LogP contribution in [0.5, 0.6) is 0 Å². The molecule has 0 radical (unpaired) electrons. The standard InChI is InChI=1S/C11H18/c1-2-9-8-11(9)10-6-4-3-5-7-10/h8-10H,2-7H2,1H3. The highest BCUT2D eigenvalue weighted by molar-refractivity contribution is 5.31. The number of allylic oxidation sites excluding steroid dienone is 2. The zero-order chi connectivity index (χ0) is 7.68. The number of hydrogen-bond acceptors (Lipinski definition) is 0. The fourth-order valence-corrected chi connectivity index (χ4v) is 2.41. The van der Waals surface area contributed by atoms with Gasteiger partial charge < -0.3 is 0 Å². The Morgan fingerprint density at radius 3 is 2.55 bits per heavy atom. The van der Waals surface area contributed by atoms with Gasteiger partial charge in [0.1, 0.15) is 0 Å². The van der Waals surface area contributed by atoms with Crippen LogP contribution in [0.2, 0.25) is 0 Å². The number of rotatable bonds is 2. The van der Waals surface area contributed by atoms with Gasteiger partial charge in [-0.25, -0.2) is 0 Å². The molecule has 0 N–H and O–H groups in total. The fraction of sp³-hybridized carbons (Fsp3) is 0.818. The zero-order valence-electron chi connectivity index (χ0n) is 7.47. The highest BCUT2D eigenvalue weighted by atomic mass is 14.4. The van der Waals surface area contributed by atoms with Gasteiger partial charge in [-0.15, -0.1) is 0 Å². The normalized spacial score (nSPS) is 31.7. The summed E-state index contributed by atoms with van der Waals surface area (Å²) >= 11 is 0. The lowest BCUT2D eigenvalue weighted by Gasteiger charge is -2.20. The second-order valence-electron chi connectivity index (χ2n) is 4.02. The molecule has 0 amide bonds. The monoisotopic (exact) mass is 150 g/mol. The Morgan fingerprint density at radius 1 is 1.27 bits per heavy atom. The summed E-state index contributed by atoms with van der Waals surface area (Å²) in [5.74, 6) is 1.94. The third kappa shape index (κ3) is 1.50. The molecule has 2 rings (SSSR count). The minimum absolute atomic E-state index is 0.929. The molecule has 0 aromatic rings. The van der Waals surface area contributed by atoms with Gasteiger partial charge in [-0.2, -0.15) is 0 Å². The molecule has 2 aliphatic rings. The van der Waals surface area contributed by atoms with Gasteiger partial charge in [0.25, 0.3) is 0 Å². The van der Waals surface area contributed by atoms with E-state index < -0.39 is 0 Å². The van der Waals surface area contributed by atoms with Gasteiger partial charge in [-0.05, 0) is 31.1 Å². The summed E-state index contributed by atoms with van der Waals surface area (Å²) in [6, 6.07) is 0. The second-order valence-corrected chi connectivity index (χ2v) is 4.02. The van der Waals surface area contributed by atoms with Gasteiger partial charge in [0.05, 0.1) is 0 Å². The third-order valence-corrected chi connectivity index (χ3v) is 3.23. The predicted octanol–water partition coefficient (Wildman–Crippen LogP) is 3.53. The molecule has 0 heteroatoms. The maximum Gasteiger partial charge on any atom is -0.00199 e. The van der Waals surface area contributed by atoms with E-state index in [0.717, 1.165) is 11.8 Å². The molecule has 0 heterocycles. The second kappa shape index (κ2) is 3.00. The van der Waals surface area contributed by atoms with Crippen molar-refractivity contribution in [1.29, 1.82) is 0 Å². The molecular formula is C11H18. The maximum absolute atomic E-state index is 2.50. The van der Waals surface area contributed by atoms with E-state index in [9.17, 15) is 0 Å². The summed E-state index contributed by atoms with van der Waals surface area (Å²) in [4.78, 5) is 0. The molecule has 0 aromatic carbocycles. The lowest BCUT2D eigenvalue weighted by atomic mass is 9.86. The molecule has 1 fully saturated rings. The molecule has 0 bridgehead atoms. The molecule has 11 heavy (non-hydrogen) atoms. The van der Waals surface area contributed by atoms with E-state index in [-0.39, 0.29) is 0 Å². The van der Waals surface area contributed by atoms with Crippen molar-refractivity contribution in [1.82, 2.24) is 0 Å². The maximum atomic E-state index is 2.50. The van der Waals surface area contributed by atoms with Crippen molar-refractivity contribution >= 4 is 0 Å². The van der Waals surface area contributed by atoms with Crippen LogP contribution >= 0.6 is 0 Å². The van der Waals surface area contributed by atoms with E-state index in [1.807, 2.05) is 5.57 Å². The van der Waals surface area contributed by atoms with Gasteiger partial charge in [0, 0.05) is 0 Å². The van der Waals surface area contributed by atoms with E-state index in [1.54, 1.807) is 0 Å². The number of hydrogen-bond donors (Lipinski definition) is 0. The largest absolute Gasteiger partial charge is 0.0773 e. The van der Waals surface area contributed by atoms with Crippen LogP contribution in [0.3, 0.4) is 0 Å². The highest BCUT2D eigenvalue weighted by Crippen LogP contribution is 2.43. The van der Waals surface area contributed by atoms with E-state index in [1.165, 1.54) is 38.5 Å². The minimum Gasteiger partial charge on any atom is -0.0773 e. The van der Waals surface area contributed by atoms with Crippen LogP contribution in [0.15, 0.2) is 11.6 Å². The Bertz CT molecular complexity index is 161. The van der Waals surface area contributed by atoms with E-state index in [2.05, 4.69) is 13.0 Å². The Labute approximate surface area is 69.7 Å². The Morgan fingerprint density at radius 2 is 2.00 bits per heavy atom. The first-order chi connectivity index (χ1) is 5.42. The summed E-state index contributed by atoms with van der Waals surface area (Å²) < 4.78 is 0. The third-order valence-electron chi connectivity index (χ3n) is 3.23. The Kier molecular flexibility index (Phi) is 2.02. The predicted molar refractivity (Wildman–Crippen MR) is 48.4 cm³/mol. The van der Waals surface area contributed by atoms with E-state index in [0.29, 0.717) is 0 Å². The molecule has 0 spiro atoms. The van der Waals surface area contributed by atoms with Gasteiger partial charge in [0.2, 0.25) is 0 Å². The molecule has 1 unspecified atom stereocenters. The van der Waals surface area contributed by atoms with Crippen LogP contribution in [0.1, 0.15) is 45.4 Å². The van der Waals surface area contributed by atoms with Crippen LogP contribution in [0.25, 0.3) is 0 Å². The Balaban J connectivity index is 1.82. The topological polar surface area (TPSA) is 0 Å². The molecule has 2 aliphatic carbocycles. The van der Waals surface area contributed by atoms with Crippen molar-refractivity contribution in [2.75, 3.05) is 0 Å². The van der Waals surface area contributed by atoms with Crippen molar-refractivity contribution in [3.05, 3.63) is 11.6 Å². The summed E-state index contributed by atoms with van der Waals surface area (Å²) in [7, 11) is 0. The first-order valence-electron chi connectivity index (χ1n) is 5.13. The summed E-state index contributed by atoms with van der Waals surface area (Å²) in [5, 5.41) is 0. The van der Waals surface area contributed by atoms with Crippen LogP contribution in [0.4, 0.5) is 0 Å². The molecule has 62 valence electrons. The van der Waals surface area contributed by atoms with Gasteiger partial charge in [0.15, 0.2) is 0 Å². The average molecular weight is 150 g/mol. The van der Waals surface area contributed by atoms with Crippen LogP contribution < -0.4 is 0 Å². The lowest BCUT2D eigenvalue weighted by molar-refractivity contribution is 0.401. The lowest BCUT2D eigenvalue weighted by Crippen LogP contribution is -2.05. The molecule has 0 aromatic heterocycles. The van der Waals surface area contributed by atoms with E-state index >= 15 is 0 Å². The highest BCUT2D eigenvalue weighted by Gasteiger charge is 2.30. The van der Waals surface area contributed by atoms with Crippen LogP contribution in [-0.4, -0.2) is 0 Å². The van der Waals surface area contributed by atoms with Crippen molar-refractivity contribution in [3.63, 3.8) is 0 Å². The van der Waals surface area contributed by atoms with E-state index in [4.69, 9.17) is 0 Å². The SMILES string of the molecule is CCC1C=C1C1CCCCC1. The first kappa shape index (κ1) is 7.39. The smallest absolute Gasteiger partial charge is 0.00199 e. The molecule has 0 nitrogen and oxygen atoms in total. The first-order valence-corrected chi connectivity index (χ1v) is 5.13. The minimum atomic E-state index is 0.929. The van der Waals surface area contributed by atoms with Gasteiger partial charge >= 0.3 is 0 Å². The van der Waals surface area contributed by atoms with Gasteiger partial charge in [-0.1, -0.05) is 37.8 Å². The van der Waals surface area contributed by atoms with Crippen molar-refractivity contribution in [2.45, 2.75) is 45.4 Å². The summed E-state index contributed by atoms with van der Waals surface area (Å²) in [6.45, 7) is 2.30. The fourth-order valence-electron chi connectivity index (χ4n) is 2.41. The average Bonchev–Trinajstić information content (AvgIpc) is 2.85. The Hall–Kier alpha value is -0.260. The molecule has 1 saturated carbocycles. The van der Waals surface area contributed by atoms with Crippen molar-refractivity contribution < 1.29 is 0 Å². The zero-order valence-corrected chi connectivity index (χ0v) is 7.47. The quantitative estimate of drug-likeness (QED) is 0.528. The molecular weight excluding hydrogens is 132 g/mol. The molecule has 0 saturated heterocycles. The van der Waals surface area contributed by atoms with Crippen molar-refractivity contribution in [3.8, 4) is 0 Å². The van der Waals surface area contributed by atoms with Crippen LogP contribution in [0, 0.1) is 11.8 Å². The van der Waals surface area contributed by atoms with Crippen LogP contribution in [-0.2, 0) is 0 Å². The molecule has 1 atom stereocenters. The van der Waals surface area contributed by atoms with Gasteiger partial charge in [-0.3, -0.25) is 0 Å². The molecule has 0 aliphatic heterocycles. The summed E-state index contributed by atoms with van der Waals surface area (Å²) in [5.41, 5.74) is 1.81. The van der Waals surface area contributed by atoms with Crippen molar-refractivity contribution in [2.24, 2.45) is 11.8 Å².